The van der Waals surface area contributed by atoms with Gasteiger partial charge in [-0.05, 0) is 35.7 Å². The molecule has 0 radical (unpaired) electrons. The normalized spacial score (nSPS) is 12.4. The van der Waals surface area contributed by atoms with Crippen LogP contribution in [0.1, 0.15) is 32.3 Å². The lowest BCUT2D eigenvalue weighted by Gasteiger charge is -2.15. The van der Waals surface area contributed by atoms with Gasteiger partial charge in [0.2, 0.25) is 0 Å². The number of hydrogen-bond acceptors (Lipinski definition) is 4. The first kappa shape index (κ1) is 13.2. The highest BCUT2D eigenvalue weighted by Crippen LogP contribution is 2.07. The van der Waals surface area contributed by atoms with Crippen LogP contribution in [-0.4, -0.2) is 18.6 Å². The molecule has 0 aromatic carbocycles. The van der Waals surface area contributed by atoms with Gasteiger partial charge in [-0.3, -0.25) is 4.79 Å². The molecule has 0 aliphatic heterocycles. The van der Waals surface area contributed by atoms with Crippen LogP contribution in [0.3, 0.4) is 0 Å². The molecule has 3 nitrogen and oxygen atoms in total. The molecule has 90 valence electrons. The van der Waals surface area contributed by atoms with Gasteiger partial charge in [0.05, 0.1) is 6.61 Å². The van der Waals surface area contributed by atoms with Crippen LogP contribution in [0.2, 0.25) is 0 Å². The average Bonchev–Trinajstić information content (AvgIpc) is 2.77. The maximum Gasteiger partial charge on any atom is 0.323 e. The third-order valence-electron chi connectivity index (χ3n) is 2.28. The summed E-state index contributed by atoms with van der Waals surface area (Å²) in [6.07, 6.45) is 1.79. The van der Waals surface area contributed by atoms with Crippen molar-refractivity contribution in [2.45, 2.75) is 39.3 Å². The third kappa shape index (κ3) is 4.33. The molecule has 1 atom stereocenters. The number of carbonyl (C=O) groups is 1. The van der Waals surface area contributed by atoms with E-state index in [1.54, 1.807) is 11.3 Å². The molecule has 1 rings (SSSR count). The van der Waals surface area contributed by atoms with E-state index in [1.807, 2.05) is 12.3 Å². The van der Waals surface area contributed by atoms with E-state index < -0.39 is 0 Å². The van der Waals surface area contributed by atoms with Gasteiger partial charge in [-0.2, -0.15) is 11.3 Å². The predicted molar refractivity (Wildman–Crippen MR) is 66.5 cm³/mol. The fraction of sp³-hybridized carbons (Fsp3) is 0.583. The lowest BCUT2D eigenvalue weighted by molar-refractivity contribution is -0.145. The van der Waals surface area contributed by atoms with Crippen LogP contribution in [0.25, 0.3) is 0 Å². The van der Waals surface area contributed by atoms with E-state index in [0.717, 1.165) is 19.4 Å². The Hall–Kier alpha value is -0.870. The number of esters is 1. The molecular weight excluding hydrogens is 222 g/mol. The van der Waals surface area contributed by atoms with Crippen LogP contribution in [0.5, 0.6) is 0 Å². The van der Waals surface area contributed by atoms with Crippen LogP contribution < -0.4 is 5.32 Å². The van der Waals surface area contributed by atoms with Crippen LogP contribution in [0.15, 0.2) is 16.8 Å². The number of ether oxygens (including phenoxy) is 1. The minimum Gasteiger partial charge on any atom is -0.465 e. The zero-order valence-electron chi connectivity index (χ0n) is 9.86. The quantitative estimate of drug-likeness (QED) is 0.746. The molecule has 1 unspecified atom stereocenters. The highest BCUT2D eigenvalue weighted by atomic mass is 32.1. The summed E-state index contributed by atoms with van der Waals surface area (Å²) in [6, 6.07) is 1.89. The zero-order chi connectivity index (χ0) is 11.8. The van der Waals surface area contributed by atoms with Crippen molar-refractivity contribution < 1.29 is 9.53 Å². The van der Waals surface area contributed by atoms with Crippen molar-refractivity contribution in [3.63, 3.8) is 0 Å². The second-order valence-electron chi connectivity index (χ2n) is 3.61. The fourth-order valence-electron chi connectivity index (χ4n) is 1.47. The molecule has 0 fully saturated rings. The van der Waals surface area contributed by atoms with Gasteiger partial charge in [-0.25, -0.2) is 0 Å². The molecule has 1 aromatic rings. The van der Waals surface area contributed by atoms with Gasteiger partial charge in [-0.15, -0.1) is 0 Å². The van der Waals surface area contributed by atoms with Gasteiger partial charge in [0.15, 0.2) is 0 Å². The van der Waals surface area contributed by atoms with Gasteiger partial charge in [0.1, 0.15) is 6.04 Å². The lowest BCUT2D eigenvalue weighted by Crippen LogP contribution is -2.37. The number of nitrogens with one attached hydrogen (secondary N) is 1. The van der Waals surface area contributed by atoms with Crippen LogP contribution in [-0.2, 0) is 16.1 Å². The zero-order valence-corrected chi connectivity index (χ0v) is 10.7. The van der Waals surface area contributed by atoms with Crippen LogP contribution in [0.4, 0.5) is 0 Å². The second-order valence-corrected chi connectivity index (χ2v) is 4.39. The Kier molecular flexibility index (Phi) is 6.11. The monoisotopic (exact) mass is 241 g/mol. The summed E-state index contributed by atoms with van der Waals surface area (Å²) in [5, 5.41) is 7.36. The van der Waals surface area contributed by atoms with Crippen molar-refractivity contribution in [3.8, 4) is 0 Å². The van der Waals surface area contributed by atoms with E-state index in [2.05, 4.69) is 23.7 Å². The number of rotatable bonds is 7. The van der Waals surface area contributed by atoms with E-state index >= 15 is 0 Å². The van der Waals surface area contributed by atoms with Crippen LogP contribution >= 0.6 is 11.3 Å². The minimum absolute atomic E-state index is 0.139. The topological polar surface area (TPSA) is 38.3 Å². The largest absolute Gasteiger partial charge is 0.465 e. The Morgan fingerprint density at radius 1 is 1.56 bits per heavy atom. The molecule has 1 N–H and O–H groups in total. The fourth-order valence-corrected chi connectivity index (χ4v) is 2.14. The van der Waals surface area contributed by atoms with Gasteiger partial charge < -0.3 is 10.1 Å². The molecule has 1 heterocycles. The molecule has 0 saturated heterocycles. The van der Waals surface area contributed by atoms with Crippen molar-refractivity contribution in [1.29, 1.82) is 0 Å². The van der Waals surface area contributed by atoms with Crippen molar-refractivity contribution in [2.24, 2.45) is 0 Å². The molecule has 0 saturated carbocycles. The summed E-state index contributed by atoms with van der Waals surface area (Å²) in [5.74, 6) is -0.139. The molecule has 4 heteroatoms. The number of hydrogen-bond donors (Lipinski definition) is 1. The second kappa shape index (κ2) is 7.41. The predicted octanol–water partition coefficient (Wildman–Crippen LogP) is 2.57. The minimum atomic E-state index is -0.176. The lowest BCUT2D eigenvalue weighted by atomic mass is 10.1. The van der Waals surface area contributed by atoms with Crippen molar-refractivity contribution in [1.82, 2.24) is 5.32 Å². The van der Waals surface area contributed by atoms with E-state index in [0.29, 0.717) is 6.61 Å². The molecule has 0 aliphatic rings. The first-order valence-electron chi connectivity index (χ1n) is 5.69. The Morgan fingerprint density at radius 2 is 2.38 bits per heavy atom. The van der Waals surface area contributed by atoms with Crippen molar-refractivity contribution >= 4 is 17.3 Å². The summed E-state index contributed by atoms with van der Waals surface area (Å²) in [7, 11) is 0. The molecular formula is C12H19NO2S. The molecule has 0 spiro atoms. The SMILES string of the molecule is CCCC(NCc1ccsc1)C(=O)OCC. The van der Waals surface area contributed by atoms with E-state index in [-0.39, 0.29) is 12.0 Å². The first-order chi connectivity index (χ1) is 7.77. The molecule has 0 amide bonds. The van der Waals surface area contributed by atoms with Crippen LogP contribution in [0, 0.1) is 0 Å². The summed E-state index contributed by atoms with van der Waals surface area (Å²) in [6.45, 7) is 5.07. The maximum atomic E-state index is 11.6. The molecule has 0 aliphatic carbocycles. The van der Waals surface area contributed by atoms with Gasteiger partial charge in [0.25, 0.3) is 0 Å². The number of carbonyl (C=O) groups excluding carboxylic acids is 1. The summed E-state index contributed by atoms with van der Waals surface area (Å²) < 4.78 is 5.03. The average molecular weight is 241 g/mol. The first-order valence-corrected chi connectivity index (χ1v) is 6.63. The third-order valence-corrected chi connectivity index (χ3v) is 3.01. The molecule has 1 aromatic heterocycles. The van der Waals surface area contributed by atoms with E-state index in [9.17, 15) is 4.79 Å². The van der Waals surface area contributed by atoms with Gasteiger partial charge >= 0.3 is 5.97 Å². The Morgan fingerprint density at radius 3 is 2.94 bits per heavy atom. The van der Waals surface area contributed by atoms with Gasteiger partial charge in [-0.1, -0.05) is 13.3 Å². The molecule has 0 bridgehead atoms. The Balaban J connectivity index is 2.41. The summed E-state index contributed by atoms with van der Waals surface area (Å²) in [5.41, 5.74) is 1.22. The van der Waals surface area contributed by atoms with Crippen molar-refractivity contribution in [2.75, 3.05) is 6.61 Å². The highest BCUT2D eigenvalue weighted by Gasteiger charge is 2.17. The number of thiophene rings is 1. The smallest absolute Gasteiger partial charge is 0.323 e. The highest BCUT2D eigenvalue weighted by molar-refractivity contribution is 7.07. The van der Waals surface area contributed by atoms with Gasteiger partial charge in [0, 0.05) is 6.54 Å². The Labute approximate surface area is 101 Å². The Bertz CT molecular complexity index is 298. The summed E-state index contributed by atoms with van der Waals surface area (Å²) in [4.78, 5) is 11.6. The summed E-state index contributed by atoms with van der Waals surface area (Å²) >= 11 is 1.67. The molecule has 16 heavy (non-hydrogen) atoms. The maximum absolute atomic E-state index is 11.6. The van der Waals surface area contributed by atoms with Crippen molar-refractivity contribution in [3.05, 3.63) is 22.4 Å². The van der Waals surface area contributed by atoms with E-state index in [4.69, 9.17) is 4.74 Å². The van der Waals surface area contributed by atoms with E-state index in [1.165, 1.54) is 5.56 Å². The standard InChI is InChI=1S/C12H19NO2S/c1-3-5-11(12(14)15-4-2)13-8-10-6-7-16-9-10/h6-7,9,11,13H,3-5,8H2,1-2H3.